The van der Waals surface area contributed by atoms with Crippen molar-refractivity contribution in [1.82, 2.24) is 10.2 Å². The van der Waals surface area contributed by atoms with Crippen LogP contribution in [0.4, 0.5) is 5.69 Å². The molecule has 0 aromatic heterocycles. The Morgan fingerprint density at radius 3 is 2.85 bits per heavy atom. The van der Waals surface area contributed by atoms with Gasteiger partial charge in [-0.1, -0.05) is 12.1 Å². The number of amides is 1. The maximum atomic E-state index is 12.9. The van der Waals surface area contributed by atoms with E-state index in [1.807, 2.05) is 45.8 Å². The van der Waals surface area contributed by atoms with Crippen molar-refractivity contribution in [2.45, 2.75) is 31.8 Å². The zero-order valence-electron chi connectivity index (χ0n) is 15.3. The van der Waals surface area contributed by atoms with Crippen molar-refractivity contribution >= 4 is 40.7 Å². The molecule has 0 radical (unpaired) electrons. The minimum atomic E-state index is -0.506. The molecular weight excluding hydrogens is 366 g/mol. The van der Waals surface area contributed by atoms with E-state index in [0.29, 0.717) is 11.7 Å². The van der Waals surface area contributed by atoms with Crippen molar-refractivity contribution in [3.63, 3.8) is 0 Å². The molecule has 0 spiro atoms. The van der Waals surface area contributed by atoms with Crippen LogP contribution in [0.3, 0.4) is 0 Å². The molecular formula is C19H27N3O2S2. The normalized spacial score (nSPS) is 19.5. The first-order valence-corrected chi connectivity index (χ1v) is 11.1. The summed E-state index contributed by atoms with van der Waals surface area (Å²) in [6.07, 6.45) is 6.02. The highest BCUT2D eigenvalue weighted by atomic mass is 32.2. The van der Waals surface area contributed by atoms with Crippen molar-refractivity contribution in [1.29, 1.82) is 0 Å². The van der Waals surface area contributed by atoms with E-state index in [2.05, 4.69) is 11.6 Å². The minimum Gasteiger partial charge on any atom is -0.476 e. The third kappa shape index (κ3) is 4.62. The van der Waals surface area contributed by atoms with Gasteiger partial charge in [-0.05, 0) is 62.0 Å². The number of carbonyl (C=O) groups is 1. The molecule has 2 heterocycles. The highest BCUT2D eigenvalue weighted by Gasteiger charge is 2.35. The predicted molar refractivity (Wildman–Crippen MR) is 112 cm³/mol. The van der Waals surface area contributed by atoms with E-state index in [0.717, 1.165) is 56.1 Å². The Kier molecular flexibility index (Phi) is 7.02. The summed E-state index contributed by atoms with van der Waals surface area (Å²) in [5.74, 6) is 1.91. The number of fused-ring (bicyclic) bond motifs is 1. The molecule has 2 aliphatic heterocycles. The minimum absolute atomic E-state index is 0.0781. The number of likely N-dealkylation sites (tertiary alicyclic amines) is 1. The summed E-state index contributed by atoms with van der Waals surface area (Å²) in [7, 11) is 0. The lowest BCUT2D eigenvalue weighted by molar-refractivity contribution is -0.139. The molecule has 3 rings (SSSR count). The second kappa shape index (κ2) is 9.46. The molecule has 0 saturated carbocycles. The van der Waals surface area contributed by atoms with Crippen molar-refractivity contribution in [2.24, 2.45) is 0 Å². The molecule has 2 aliphatic rings. The number of rotatable bonds is 5. The molecule has 0 aliphatic carbocycles. The molecule has 26 heavy (non-hydrogen) atoms. The van der Waals surface area contributed by atoms with Gasteiger partial charge < -0.3 is 19.9 Å². The van der Waals surface area contributed by atoms with Crippen LogP contribution in [0.15, 0.2) is 24.3 Å². The smallest absolute Gasteiger partial charge is 0.265 e. The summed E-state index contributed by atoms with van der Waals surface area (Å²) in [5, 5.41) is 4.00. The second-order valence-electron chi connectivity index (χ2n) is 6.65. The van der Waals surface area contributed by atoms with Gasteiger partial charge in [-0.3, -0.25) is 4.79 Å². The van der Waals surface area contributed by atoms with Crippen molar-refractivity contribution in [3.05, 3.63) is 24.3 Å². The highest BCUT2D eigenvalue weighted by molar-refractivity contribution is 7.98. The number of nitrogens with zero attached hydrogens (tertiary/aromatic N) is 2. The van der Waals surface area contributed by atoms with Gasteiger partial charge in [0.1, 0.15) is 5.75 Å². The van der Waals surface area contributed by atoms with Crippen LogP contribution in [0.5, 0.6) is 5.75 Å². The summed E-state index contributed by atoms with van der Waals surface area (Å²) >= 11 is 7.45. The number of hydrogen-bond acceptors (Lipinski definition) is 4. The highest BCUT2D eigenvalue weighted by Crippen LogP contribution is 2.33. The number of benzene rings is 1. The van der Waals surface area contributed by atoms with Crippen LogP contribution in [-0.2, 0) is 4.79 Å². The largest absolute Gasteiger partial charge is 0.476 e. The molecule has 142 valence electrons. The van der Waals surface area contributed by atoms with E-state index in [-0.39, 0.29) is 5.91 Å². The Morgan fingerprint density at radius 2 is 2.08 bits per heavy atom. The van der Waals surface area contributed by atoms with Gasteiger partial charge in [-0.2, -0.15) is 11.8 Å². The molecule has 7 heteroatoms. The third-order valence-electron chi connectivity index (χ3n) is 4.76. The van der Waals surface area contributed by atoms with Crippen LogP contribution in [0.25, 0.3) is 0 Å². The number of para-hydroxylation sites is 2. The molecule has 1 atom stereocenters. The summed E-state index contributed by atoms with van der Waals surface area (Å²) in [4.78, 5) is 16.9. The van der Waals surface area contributed by atoms with Gasteiger partial charge >= 0.3 is 0 Å². The predicted octanol–water partition coefficient (Wildman–Crippen LogP) is 2.89. The van der Waals surface area contributed by atoms with E-state index >= 15 is 0 Å². The Bertz CT molecular complexity index is 635. The molecule has 1 saturated heterocycles. The van der Waals surface area contributed by atoms with Gasteiger partial charge in [0.2, 0.25) is 0 Å². The molecule has 0 bridgehead atoms. The van der Waals surface area contributed by atoms with E-state index in [1.54, 1.807) is 0 Å². The van der Waals surface area contributed by atoms with E-state index < -0.39 is 6.10 Å². The molecule has 1 aromatic rings. The van der Waals surface area contributed by atoms with Crippen LogP contribution in [0.1, 0.15) is 25.7 Å². The number of piperidine rings is 1. The molecule has 0 unspecified atom stereocenters. The zero-order valence-corrected chi connectivity index (χ0v) is 16.9. The number of anilines is 1. The SMILES string of the molecule is CSCCCNC(=S)N1C[C@H](C(=O)N2CCCCC2)Oc2ccccc21. The van der Waals surface area contributed by atoms with Crippen LogP contribution in [0, 0.1) is 0 Å². The van der Waals surface area contributed by atoms with E-state index in [4.69, 9.17) is 17.0 Å². The molecule has 1 aromatic carbocycles. The number of carbonyl (C=O) groups excluding carboxylic acids is 1. The fourth-order valence-electron chi connectivity index (χ4n) is 3.38. The quantitative estimate of drug-likeness (QED) is 0.613. The lowest BCUT2D eigenvalue weighted by Gasteiger charge is -2.38. The number of nitrogens with one attached hydrogen (secondary N) is 1. The Hall–Kier alpha value is -1.47. The summed E-state index contributed by atoms with van der Waals surface area (Å²) in [6.45, 7) is 2.96. The number of thioether (sulfide) groups is 1. The van der Waals surface area contributed by atoms with E-state index in [1.165, 1.54) is 6.42 Å². The van der Waals surface area contributed by atoms with Crippen LogP contribution in [-0.4, -0.2) is 60.2 Å². The van der Waals surface area contributed by atoms with Gasteiger partial charge in [-0.25, -0.2) is 0 Å². The van der Waals surface area contributed by atoms with E-state index in [9.17, 15) is 4.79 Å². The first-order valence-electron chi connectivity index (χ1n) is 9.29. The maximum absolute atomic E-state index is 12.9. The van der Waals surface area contributed by atoms with Crippen molar-refractivity contribution in [3.8, 4) is 5.75 Å². The fraction of sp³-hybridized carbons (Fsp3) is 0.579. The topological polar surface area (TPSA) is 44.8 Å². The average molecular weight is 394 g/mol. The standard InChI is InChI=1S/C19H27N3O2S2/c1-26-13-7-10-20-19(25)22-14-17(18(23)21-11-5-2-6-12-21)24-16-9-4-3-8-15(16)22/h3-4,8-9,17H,2,5-7,10-14H2,1H3,(H,20,25)/t17-/m1/s1. The third-order valence-corrected chi connectivity index (χ3v) is 5.83. The zero-order chi connectivity index (χ0) is 18.4. The lowest BCUT2D eigenvalue weighted by atomic mass is 10.1. The first kappa shape index (κ1) is 19.3. The Balaban J connectivity index is 1.71. The average Bonchev–Trinajstić information content (AvgIpc) is 2.70. The van der Waals surface area contributed by atoms with Crippen LogP contribution in [0.2, 0.25) is 0 Å². The number of hydrogen-bond donors (Lipinski definition) is 1. The second-order valence-corrected chi connectivity index (χ2v) is 8.02. The molecule has 1 fully saturated rings. The number of thiocarbonyl (C=S) groups is 1. The molecule has 1 N–H and O–H groups in total. The lowest BCUT2D eigenvalue weighted by Crippen LogP contribution is -2.54. The number of ether oxygens (including phenoxy) is 1. The van der Waals surface area contributed by atoms with Gasteiger partial charge in [0.25, 0.3) is 5.91 Å². The van der Waals surface area contributed by atoms with Crippen LogP contribution < -0.4 is 15.0 Å². The maximum Gasteiger partial charge on any atom is 0.265 e. The van der Waals surface area contributed by atoms with Gasteiger partial charge in [-0.15, -0.1) is 0 Å². The molecule has 1 amide bonds. The fourth-order valence-corrected chi connectivity index (χ4v) is 4.09. The Labute approximate surface area is 165 Å². The Morgan fingerprint density at radius 1 is 1.31 bits per heavy atom. The van der Waals surface area contributed by atoms with Gasteiger partial charge in [0, 0.05) is 19.6 Å². The monoisotopic (exact) mass is 393 g/mol. The van der Waals surface area contributed by atoms with Crippen molar-refractivity contribution in [2.75, 3.05) is 43.1 Å². The van der Waals surface area contributed by atoms with Gasteiger partial charge in [0.15, 0.2) is 11.2 Å². The molecule has 5 nitrogen and oxygen atoms in total. The first-order chi connectivity index (χ1) is 12.7. The van der Waals surface area contributed by atoms with Crippen LogP contribution >= 0.6 is 24.0 Å². The van der Waals surface area contributed by atoms with Gasteiger partial charge in [0.05, 0.1) is 12.2 Å². The summed E-state index contributed by atoms with van der Waals surface area (Å²) < 4.78 is 6.05. The summed E-state index contributed by atoms with van der Waals surface area (Å²) in [5.41, 5.74) is 0.928. The van der Waals surface area contributed by atoms with Crippen molar-refractivity contribution < 1.29 is 9.53 Å². The summed E-state index contributed by atoms with van der Waals surface area (Å²) in [6, 6.07) is 7.80.